The maximum atomic E-state index is 11.7. The van der Waals surface area contributed by atoms with E-state index in [0.29, 0.717) is 67.4 Å². The first kappa shape index (κ1) is 20.1. The first-order valence-corrected chi connectivity index (χ1v) is 9.99. The first-order chi connectivity index (χ1) is 13.4. The van der Waals surface area contributed by atoms with Gasteiger partial charge in [0.2, 0.25) is 11.9 Å². The molecule has 152 valence electrons. The van der Waals surface area contributed by atoms with Gasteiger partial charge in [-0.1, -0.05) is 0 Å². The number of aliphatic hydroxyl groups excluding tert-OH is 1. The number of anilines is 3. The number of nitrogen functional groups attached to an aromatic ring is 1. The molecule has 0 bridgehead atoms. The number of fused-ring (bicyclic) bond motifs is 1. The van der Waals surface area contributed by atoms with Crippen LogP contribution in [0.2, 0.25) is 0 Å². The average Bonchev–Trinajstić information content (AvgIpc) is 2.99. The molecule has 3 heterocycles. The van der Waals surface area contributed by atoms with E-state index in [-0.39, 0.29) is 22.6 Å². The van der Waals surface area contributed by atoms with Gasteiger partial charge in [0.05, 0.1) is 17.2 Å². The van der Waals surface area contributed by atoms with Gasteiger partial charge in [0.15, 0.2) is 0 Å². The molecule has 0 radical (unpaired) electrons. The number of piperidine rings is 1. The zero-order valence-corrected chi connectivity index (χ0v) is 16.5. The lowest BCUT2D eigenvalue weighted by molar-refractivity contribution is -0.118. The molecule has 1 saturated heterocycles. The van der Waals surface area contributed by atoms with Crippen molar-refractivity contribution >= 4 is 50.8 Å². The van der Waals surface area contributed by atoms with Crippen molar-refractivity contribution in [3.63, 3.8) is 0 Å². The molecule has 0 saturated carbocycles. The van der Waals surface area contributed by atoms with Gasteiger partial charge in [0.1, 0.15) is 15.5 Å². The number of rotatable bonds is 7. The topological polar surface area (TPSA) is 159 Å². The molecule has 1 fully saturated rings. The number of hydrogen-bond acceptors (Lipinski definition) is 9. The number of hydrogen-bond donors (Lipinski definition) is 5. The Bertz CT molecular complexity index is 877. The molecule has 3 rings (SSSR count). The zero-order chi connectivity index (χ0) is 20.3. The third-order valence-electron chi connectivity index (χ3n) is 4.57. The molecule has 11 heteroatoms. The van der Waals surface area contributed by atoms with Crippen LogP contribution in [0, 0.1) is 0 Å². The van der Waals surface area contributed by atoms with Gasteiger partial charge < -0.3 is 32.1 Å². The molecule has 1 aliphatic rings. The van der Waals surface area contributed by atoms with Gasteiger partial charge in [-0.15, -0.1) is 11.3 Å². The predicted octanol–water partition coefficient (Wildman–Crippen LogP) is 0.272. The summed E-state index contributed by atoms with van der Waals surface area (Å²) in [5, 5.41) is 16.3. The highest BCUT2D eigenvalue weighted by atomic mass is 32.1. The Hall–Kier alpha value is -2.66. The van der Waals surface area contributed by atoms with E-state index in [0.717, 1.165) is 11.3 Å². The molecule has 0 atom stereocenters. The molecule has 0 aromatic carbocycles. The van der Waals surface area contributed by atoms with Gasteiger partial charge in [-0.2, -0.15) is 4.98 Å². The molecular formula is C17H25N7O3S. The van der Waals surface area contributed by atoms with E-state index in [2.05, 4.69) is 20.6 Å². The molecule has 1 aliphatic heterocycles. The van der Waals surface area contributed by atoms with Crippen LogP contribution >= 0.6 is 11.3 Å². The van der Waals surface area contributed by atoms with Crippen LogP contribution in [-0.4, -0.2) is 59.2 Å². The maximum Gasteiger partial charge on any atom is 0.260 e. The number of carbonyl (C=O) groups is 2. The second-order valence-corrected chi connectivity index (χ2v) is 7.74. The van der Waals surface area contributed by atoms with E-state index in [1.807, 2.05) is 4.90 Å². The van der Waals surface area contributed by atoms with Gasteiger partial charge in [-0.25, -0.2) is 4.98 Å². The fraction of sp³-hybridized carbons (Fsp3) is 0.529. The van der Waals surface area contributed by atoms with Gasteiger partial charge >= 0.3 is 0 Å². The summed E-state index contributed by atoms with van der Waals surface area (Å²) in [5.74, 6) is 0.392. The normalized spacial score (nSPS) is 15.0. The second kappa shape index (κ2) is 8.57. The molecule has 0 unspecified atom stereocenters. The van der Waals surface area contributed by atoms with Crippen LogP contribution in [0.4, 0.5) is 17.5 Å². The summed E-state index contributed by atoms with van der Waals surface area (Å²) in [6.45, 7) is 3.88. The minimum absolute atomic E-state index is 0.0767. The van der Waals surface area contributed by atoms with Crippen molar-refractivity contribution in [3.8, 4) is 0 Å². The molecular weight excluding hydrogens is 382 g/mol. The number of nitrogens with two attached hydrogens (primary N) is 2. The lowest BCUT2D eigenvalue weighted by Crippen LogP contribution is -2.37. The third kappa shape index (κ3) is 4.42. The Morgan fingerprint density at radius 3 is 2.64 bits per heavy atom. The molecule has 0 aliphatic carbocycles. The lowest BCUT2D eigenvalue weighted by Gasteiger charge is -2.29. The molecule has 2 aromatic heterocycles. The van der Waals surface area contributed by atoms with Gasteiger partial charge in [0.25, 0.3) is 5.91 Å². The third-order valence-corrected chi connectivity index (χ3v) is 5.68. The van der Waals surface area contributed by atoms with E-state index in [9.17, 15) is 14.7 Å². The van der Waals surface area contributed by atoms with E-state index < -0.39 is 5.91 Å². The van der Waals surface area contributed by atoms with E-state index in [4.69, 9.17) is 11.5 Å². The van der Waals surface area contributed by atoms with Gasteiger partial charge in [-0.05, 0) is 19.3 Å². The number of primary amides is 1. The summed E-state index contributed by atoms with van der Waals surface area (Å²) >= 11 is 1.15. The number of nitrogens with zero attached hydrogens (tertiary/aromatic N) is 3. The van der Waals surface area contributed by atoms with Crippen LogP contribution in [0.25, 0.3) is 10.2 Å². The Labute approximate surface area is 166 Å². The summed E-state index contributed by atoms with van der Waals surface area (Å²) in [4.78, 5) is 34.7. The molecule has 28 heavy (non-hydrogen) atoms. The highest BCUT2D eigenvalue weighted by Crippen LogP contribution is 2.37. The molecule has 10 nitrogen and oxygen atoms in total. The number of nitrogens with one attached hydrogen (secondary N) is 2. The van der Waals surface area contributed by atoms with Crippen molar-refractivity contribution in [1.29, 1.82) is 0 Å². The number of amides is 2. The predicted molar refractivity (Wildman–Crippen MR) is 110 cm³/mol. The summed E-state index contributed by atoms with van der Waals surface area (Å²) in [7, 11) is 0. The Kier molecular flexibility index (Phi) is 6.15. The van der Waals surface area contributed by atoms with E-state index in [1.165, 1.54) is 6.92 Å². The highest BCUT2D eigenvalue weighted by molar-refractivity contribution is 7.21. The van der Waals surface area contributed by atoms with Crippen molar-refractivity contribution < 1.29 is 14.7 Å². The quantitative estimate of drug-likeness (QED) is 0.409. The summed E-state index contributed by atoms with van der Waals surface area (Å²) in [5.41, 5.74) is 11.9. The van der Waals surface area contributed by atoms with Crippen molar-refractivity contribution in [3.05, 3.63) is 4.88 Å². The maximum absolute atomic E-state index is 11.7. The van der Waals surface area contributed by atoms with Gasteiger partial charge in [0, 0.05) is 33.1 Å². The highest BCUT2D eigenvalue weighted by Gasteiger charge is 2.24. The summed E-state index contributed by atoms with van der Waals surface area (Å²) < 4.78 is 0. The van der Waals surface area contributed by atoms with Crippen LogP contribution in [0.15, 0.2) is 0 Å². The van der Waals surface area contributed by atoms with Crippen molar-refractivity contribution in [1.82, 2.24) is 15.3 Å². The summed E-state index contributed by atoms with van der Waals surface area (Å²) in [6.07, 6.45) is 1.70. The van der Waals surface area contributed by atoms with Crippen molar-refractivity contribution in [2.45, 2.75) is 32.3 Å². The van der Waals surface area contributed by atoms with Crippen LogP contribution in [0.3, 0.4) is 0 Å². The molecule has 0 spiro atoms. The summed E-state index contributed by atoms with van der Waals surface area (Å²) in [6, 6.07) is 0. The van der Waals surface area contributed by atoms with Crippen LogP contribution in [-0.2, 0) is 4.79 Å². The van der Waals surface area contributed by atoms with Crippen molar-refractivity contribution in [2.75, 3.05) is 42.1 Å². The fourth-order valence-corrected chi connectivity index (χ4v) is 4.03. The average molecular weight is 408 g/mol. The first-order valence-electron chi connectivity index (χ1n) is 9.18. The number of carbonyl (C=O) groups excluding carboxylic acids is 2. The SMILES string of the molecule is CC(=O)NCCCNc1nc(N2CCC(O)CC2)nc2sc(C(N)=O)c(N)c12. The fourth-order valence-electron chi connectivity index (χ4n) is 3.09. The Morgan fingerprint density at radius 1 is 1.29 bits per heavy atom. The van der Waals surface area contributed by atoms with Crippen LogP contribution < -0.4 is 27.0 Å². The van der Waals surface area contributed by atoms with Crippen molar-refractivity contribution in [2.24, 2.45) is 5.73 Å². The number of aliphatic hydroxyl groups is 1. The zero-order valence-electron chi connectivity index (χ0n) is 15.7. The Morgan fingerprint density at radius 2 is 2.00 bits per heavy atom. The van der Waals surface area contributed by atoms with E-state index in [1.54, 1.807) is 0 Å². The van der Waals surface area contributed by atoms with Crippen LogP contribution in [0.5, 0.6) is 0 Å². The second-order valence-electron chi connectivity index (χ2n) is 6.74. The largest absolute Gasteiger partial charge is 0.397 e. The monoisotopic (exact) mass is 407 g/mol. The molecule has 7 N–H and O–H groups in total. The van der Waals surface area contributed by atoms with Crippen LogP contribution in [0.1, 0.15) is 35.9 Å². The number of aromatic nitrogens is 2. The smallest absolute Gasteiger partial charge is 0.260 e. The minimum Gasteiger partial charge on any atom is -0.397 e. The van der Waals surface area contributed by atoms with E-state index >= 15 is 0 Å². The minimum atomic E-state index is -0.597. The Balaban J connectivity index is 1.88. The van der Waals surface area contributed by atoms with Gasteiger partial charge in [-0.3, -0.25) is 9.59 Å². The standard InChI is InChI=1S/C17H25N7O3S/c1-9(25)20-5-2-6-21-15-11-12(18)13(14(19)27)28-16(11)23-17(22-15)24-7-3-10(26)4-8-24/h10,26H,2-8,18H2,1H3,(H2,19,27)(H,20,25)(H,21,22,23). The lowest BCUT2D eigenvalue weighted by atomic mass is 10.1. The molecule has 2 amide bonds. The number of thiophene rings is 1. The molecule has 2 aromatic rings.